The van der Waals surface area contributed by atoms with Gasteiger partial charge in [-0.05, 0) is 50.2 Å². The largest absolute Gasteiger partial charge is 0.496 e. The first kappa shape index (κ1) is 14.9. The first-order valence-corrected chi connectivity index (χ1v) is 6.91. The standard InChI is InChI=1S/C17H20N2O2/c1-12(2)18-13-8-10-14(11-9-13)19-17(20)15-6-4-5-7-16(15)21-3/h4-12,18H,1-3H3,(H,19,20). The summed E-state index contributed by atoms with van der Waals surface area (Å²) < 4.78 is 5.20. The molecule has 4 nitrogen and oxygen atoms in total. The number of hydrogen-bond acceptors (Lipinski definition) is 3. The molecule has 0 atom stereocenters. The Bertz CT molecular complexity index is 606. The average Bonchev–Trinajstić information content (AvgIpc) is 2.48. The van der Waals surface area contributed by atoms with Gasteiger partial charge >= 0.3 is 0 Å². The van der Waals surface area contributed by atoms with Gasteiger partial charge in [-0.25, -0.2) is 0 Å². The van der Waals surface area contributed by atoms with Crippen molar-refractivity contribution in [2.75, 3.05) is 17.7 Å². The number of amides is 1. The number of rotatable bonds is 5. The molecule has 21 heavy (non-hydrogen) atoms. The Balaban J connectivity index is 2.09. The molecule has 0 saturated carbocycles. The van der Waals surface area contributed by atoms with Crippen LogP contribution in [0.4, 0.5) is 11.4 Å². The van der Waals surface area contributed by atoms with Gasteiger partial charge in [0.1, 0.15) is 5.75 Å². The average molecular weight is 284 g/mol. The Morgan fingerprint density at radius 1 is 1.00 bits per heavy atom. The molecule has 110 valence electrons. The van der Waals surface area contributed by atoms with Crippen LogP contribution in [0.15, 0.2) is 48.5 Å². The van der Waals surface area contributed by atoms with Crippen LogP contribution in [0.25, 0.3) is 0 Å². The molecule has 0 aliphatic carbocycles. The fourth-order valence-corrected chi connectivity index (χ4v) is 2.01. The van der Waals surface area contributed by atoms with Crippen LogP contribution < -0.4 is 15.4 Å². The third-order valence-electron chi connectivity index (χ3n) is 2.95. The van der Waals surface area contributed by atoms with E-state index in [4.69, 9.17) is 4.74 Å². The van der Waals surface area contributed by atoms with Crippen LogP contribution in [0.5, 0.6) is 5.75 Å². The zero-order valence-corrected chi connectivity index (χ0v) is 12.5. The quantitative estimate of drug-likeness (QED) is 0.878. The lowest BCUT2D eigenvalue weighted by Crippen LogP contribution is -2.13. The number of methoxy groups -OCH3 is 1. The van der Waals surface area contributed by atoms with Gasteiger partial charge in [-0.2, -0.15) is 0 Å². The SMILES string of the molecule is COc1ccccc1C(=O)Nc1ccc(NC(C)C)cc1. The molecule has 2 N–H and O–H groups in total. The summed E-state index contributed by atoms with van der Waals surface area (Å²) in [6, 6.07) is 15.2. The molecule has 0 heterocycles. The molecule has 0 aliphatic heterocycles. The van der Waals surface area contributed by atoms with Gasteiger partial charge in [0.2, 0.25) is 0 Å². The van der Waals surface area contributed by atoms with Crippen LogP contribution in [-0.4, -0.2) is 19.1 Å². The van der Waals surface area contributed by atoms with Gasteiger partial charge in [0.15, 0.2) is 0 Å². The zero-order chi connectivity index (χ0) is 15.2. The summed E-state index contributed by atoms with van der Waals surface area (Å²) in [6.45, 7) is 4.16. The fourth-order valence-electron chi connectivity index (χ4n) is 2.01. The van der Waals surface area contributed by atoms with Gasteiger partial charge in [-0.15, -0.1) is 0 Å². The molecule has 2 rings (SSSR count). The van der Waals surface area contributed by atoms with E-state index < -0.39 is 0 Å². The molecule has 0 bridgehead atoms. The van der Waals surface area contributed by atoms with E-state index in [1.54, 1.807) is 19.2 Å². The first-order chi connectivity index (χ1) is 10.1. The number of carbonyl (C=O) groups is 1. The van der Waals surface area contributed by atoms with Crippen molar-refractivity contribution in [1.29, 1.82) is 0 Å². The molecule has 0 unspecified atom stereocenters. The van der Waals surface area contributed by atoms with Crippen LogP contribution in [0.3, 0.4) is 0 Å². The summed E-state index contributed by atoms with van der Waals surface area (Å²) in [6.07, 6.45) is 0. The molecule has 0 spiro atoms. The van der Waals surface area contributed by atoms with Crippen molar-refractivity contribution in [1.82, 2.24) is 0 Å². The van der Waals surface area contributed by atoms with Gasteiger partial charge in [0, 0.05) is 17.4 Å². The van der Waals surface area contributed by atoms with Gasteiger partial charge in [-0.1, -0.05) is 12.1 Å². The number of nitrogens with one attached hydrogen (secondary N) is 2. The van der Waals surface area contributed by atoms with Crippen molar-refractivity contribution in [2.24, 2.45) is 0 Å². The third-order valence-corrected chi connectivity index (χ3v) is 2.95. The minimum atomic E-state index is -0.183. The highest BCUT2D eigenvalue weighted by Gasteiger charge is 2.11. The van der Waals surface area contributed by atoms with E-state index in [1.807, 2.05) is 36.4 Å². The Morgan fingerprint density at radius 3 is 2.24 bits per heavy atom. The van der Waals surface area contributed by atoms with Crippen LogP contribution >= 0.6 is 0 Å². The molecule has 1 amide bonds. The van der Waals surface area contributed by atoms with Crippen molar-refractivity contribution >= 4 is 17.3 Å². The summed E-state index contributed by atoms with van der Waals surface area (Å²) in [7, 11) is 1.55. The summed E-state index contributed by atoms with van der Waals surface area (Å²) in [4.78, 5) is 12.2. The topological polar surface area (TPSA) is 50.4 Å². The van der Waals surface area contributed by atoms with Gasteiger partial charge in [0.25, 0.3) is 5.91 Å². The number of carbonyl (C=O) groups excluding carboxylic acids is 1. The lowest BCUT2D eigenvalue weighted by atomic mass is 10.2. The van der Waals surface area contributed by atoms with E-state index in [-0.39, 0.29) is 5.91 Å². The van der Waals surface area contributed by atoms with Crippen LogP contribution in [0.2, 0.25) is 0 Å². The molecule has 0 aromatic heterocycles. The maximum absolute atomic E-state index is 12.2. The van der Waals surface area contributed by atoms with Gasteiger partial charge in [0.05, 0.1) is 12.7 Å². The molecule has 0 saturated heterocycles. The second-order valence-electron chi connectivity index (χ2n) is 5.03. The highest BCUT2D eigenvalue weighted by molar-refractivity contribution is 6.06. The minimum absolute atomic E-state index is 0.183. The molecular weight excluding hydrogens is 264 g/mol. The second kappa shape index (κ2) is 6.79. The monoisotopic (exact) mass is 284 g/mol. The Labute approximate surface area is 125 Å². The van der Waals surface area contributed by atoms with E-state index in [2.05, 4.69) is 24.5 Å². The molecular formula is C17H20N2O2. The molecule has 2 aromatic carbocycles. The number of benzene rings is 2. The highest BCUT2D eigenvalue weighted by Crippen LogP contribution is 2.20. The maximum atomic E-state index is 12.2. The van der Waals surface area contributed by atoms with E-state index in [0.29, 0.717) is 17.4 Å². The Kier molecular flexibility index (Phi) is 4.82. The third kappa shape index (κ3) is 3.99. The Morgan fingerprint density at radius 2 is 1.62 bits per heavy atom. The van der Waals surface area contributed by atoms with Crippen molar-refractivity contribution < 1.29 is 9.53 Å². The predicted octanol–water partition coefficient (Wildman–Crippen LogP) is 3.77. The number of para-hydroxylation sites is 1. The molecule has 0 radical (unpaired) electrons. The first-order valence-electron chi connectivity index (χ1n) is 6.91. The molecule has 0 fully saturated rings. The van der Waals surface area contributed by atoms with Gasteiger partial charge < -0.3 is 15.4 Å². The smallest absolute Gasteiger partial charge is 0.259 e. The lowest BCUT2D eigenvalue weighted by molar-refractivity contribution is 0.102. The molecule has 2 aromatic rings. The summed E-state index contributed by atoms with van der Waals surface area (Å²) in [5, 5.41) is 6.17. The highest BCUT2D eigenvalue weighted by atomic mass is 16.5. The van der Waals surface area contributed by atoms with Crippen molar-refractivity contribution in [3.8, 4) is 5.75 Å². The minimum Gasteiger partial charge on any atom is -0.496 e. The number of anilines is 2. The summed E-state index contributed by atoms with van der Waals surface area (Å²) in [5.74, 6) is 0.380. The molecule has 4 heteroatoms. The molecule has 0 aliphatic rings. The number of ether oxygens (including phenoxy) is 1. The van der Waals surface area contributed by atoms with Gasteiger partial charge in [-0.3, -0.25) is 4.79 Å². The fraction of sp³-hybridized carbons (Fsp3) is 0.235. The van der Waals surface area contributed by atoms with E-state index in [1.165, 1.54) is 0 Å². The van der Waals surface area contributed by atoms with E-state index in [9.17, 15) is 4.79 Å². The maximum Gasteiger partial charge on any atom is 0.259 e. The van der Waals surface area contributed by atoms with Crippen LogP contribution in [0.1, 0.15) is 24.2 Å². The van der Waals surface area contributed by atoms with Crippen molar-refractivity contribution in [3.05, 3.63) is 54.1 Å². The second-order valence-corrected chi connectivity index (χ2v) is 5.03. The normalized spacial score (nSPS) is 10.3. The lowest BCUT2D eigenvalue weighted by Gasteiger charge is -2.12. The summed E-state index contributed by atoms with van der Waals surface area (Å²) >= 11 is 0. The zero-order valence-electron chi connectivity index (χ0n) is 12.5. The van der Waals surface area contributed by atoms with Crippen LogP contribution in [-0.2, 0) is 0 Å². The summed E-state index contributed by atoms with van der Waals surface area (Å²) in [5.41, 5.74) is 2.30. The van der Waals surface area contributed by atoms with Crippen LogP contribution in [0, 0.1) is 0 Å². The van der Waals surface area contributed by atoms with Crippen molar-refractivity contribution in [3.63, 3.8) is 0 Å². The van der Waals surface area contributed by atoms with Crippen molar-refractivity contribution in [2.45, 2.75) is 19.9 Å². The Hall–Kier alpha value is -2.49. The van der Waals surface area contributed by atoms with E-state index >= 15 is 0 Å². The predicted molar refractivity (Wildman–Crippen MR) is 86.1 cm³/mol. The number of hydrogen-bond donors (Lipinski definition) is 2. The van der Waals surface area contributed by atoms with E-state index in [0.717, 1.165) is 11.4 Å².